The Morgan fingerprint density at radius 2 is 1.27 bits per heavy atom. The molecule has 174 valence electrons. The molecule has 3 N–H and O–H groups in total. The number of hydrogen-bond donors (Lipinski definition) is 3. The number of amides is 1. The predicted molar refractivity (Wildman–Crippen MR) is 128 cm³/mol. The van der Waals surface area contributed by atoms with E-state index in [2.05, 4.69) is 14.8 Å². The Hall–Kier alpha value is -3.57. The summed E-state index contributed by atoms with van der Waals surface area (Å²) in [5.41, 5.74) is 1.44. The highest BCUT2D eigenvalue weighted by atomic mass is 32.2. The molecule has 9 nitrogen and oxygen atoms in total. The first kappa shape index (κ1) is 24.1. The van der Waals surface area contributed by atoms with Crippen molar-refractivity contribution in [1.82, 2.24) is 0 Å². The Morgan fingerprint density at radius 1 is 0.758 bits per heavy atom. The summed E-state index contributed by atoms with van der Waals surface area (Å²) in [5, 5.41) is 2.67. The number of hydrogen-bond acceptors (Lipinski definition) is 6. The Balaban J connectivity index is 1.64. The molecule has 0 fully saturated rings. The Bertz CT molecular complexity index is 1320. The maximum absolute atomic E-state index is 12.6. The smallest absolute Gasteiger partial charge is 0.261 e. The van der Waals surface area contributed by atoms with Crippen LogP contribution >= 0.6 is 0 Å². The van der Waals surface area contributed by atoms with Gasteiger partial charge in [-0.1, -0.05) is 0 Å². The van der Waals surface area contributed by atoms with Gasteiger partial charge >= 0.3 is 0 Å². The minimum Gasteiger partial charge on any atom is -0.494 e. The zero-order valence-electron chi connectivity index (χ0n) is 17.9. The summed E-state index contributed by atoms with van der Waals surface area (Å²) in [5.74, 6) is 0.214. The lowest BCUT2D eigenvalue weighted by Gasteiger charge is -2.10. The van der Waals surface area contributed by atoms with Gasteiger partial charge in [-0.3, -0.25) is 14.2 Å². The highest BCUT2D eigenvalue weighted by Gasteiger charge is 2.15. The largest absolute Gasteiger partial charge is 0.494 e. The van der Waals surface area contributed by atoms with E-state index in [4.69, 9.17) is 4.74 Å². The normalized spacial score (nSPS) is 11.5. The van der Waals surface area contributed by atoms with Crippen LogP contribution in [0, 0.1) is 0 Å². The summed E-state index contributed by atoms with van der Waals surface area (Å²) in [6, 6.07) is 18.2. The molecule has 0 saturated heterocycles. The molecule has 33 heavy (non-hydrogen) atoms. The lowest BCUT2D eigenvalue weighted by atomic mass is 10.2. The van der Waals surface area contributed by atoms with Crippen LogP contribution in [0.2, 0.25) is 0 Å². The first-order chi connectivity index (χ1) is 15.6. The number of carbonyl (C=O) groups excluding carboxylic acids is 1. The number of benzene rings is 3. The molecule has 0 spiro atoms. The maximum atomic E-state index is 12.6. The third-order valence-corrected chi connectivity index (χ3v) is 6.29. The molecule has 3 aromatic carbocycles. The third kappa shape index (κ3) is 6.96. The molecule has 0 aliphatic rings. The van der Waals surface area contributed by atoms with Crippen molar-refractivity contribution in [3.05, 3.63) is 78.4 Å². The second-order valence-corrected chi connectivity index (χ2v) is 10.4. The van der Waals surface area contributed by atoms with Gasteiger partial charge in [-0.2, -0.15) is 0 Å². The van der Waals surface area contributed by atoms with E-state index < -0.39 is 26.0 Å². The molecule has 0 bridgehead atoms. The first-order valence-electron chi connectivity index (χ1n) is 9.81. The van der Waals surface area contributed by atoms with Gasteiger partial charge in [-0.05, 0) is 79.7 Å². The second kappa shape index (κ2) is 9.92. The van der Waals surface area contributed by atoms with Crippen LogP contribution in [0.5, 0.6) is 5.75 Å². The van der Waals surface area contributed by atoms with Crippen LogP contribution in [-0.2, 0) is 20.0 Å². The SMILES string of the molecule is CCOc1ccc(NS(=O)(=O)c2ccc(NC(=O)c3ccc(NS(C)(=O)=O)cc3)cc2)cc1. The molecule has 0 aliphatic heterocycles. The number of nitrogens with one attached hydrogen (secondary N) is 3. The van der Waals surface area contributed by atoms with Gasteiger partial charge in [0.15, 0.2) is 0 Å². The maximum Gasteiger partial charge on any atom is 0.261 e. The predicted octanol–water partition coefficient (Wildman–Crippen LogP) is 3.51. The first-order valence-corrected chi connectivity index (χ1v) is 13.2. The molecule has 0 aromatic heterocycles. The van der Waals surface area contributed by atoms with Gasteiger partial charge in [0.2, 0.25) is 10.0 Å². The van der Waals surface area contributed by atoms with E-state index >= 15 is 0 Å². The van der Waals surface area contributed by atoms with Gasteiger partial charge in [0.1, 0.15) is 5.75 Å². The van der Waals surface area contributed by atoms with Gasteiger partial charge in [-0.15, -0.1) is 0 Å². The van der Waals surface area contributed by atoms with E-state index in [1.807, 2.05) is 6.92 Å². The average molecular weight is 490 g/mol. The Labute approximate surface area is 192 Å². The van der Waals surface area contributed by atoms with Crippen LogP contribution in [0.25, 0.3) is 0 Å². The van der Waals surface area contributed by atoms with Crippen molar-refractivity contribution < 1.29 is 26.4 Å². The Morgan fingerprint density at radius 3 is 1.82 bits per heavy atom. The summed E-state index contributed by atoms with van der Waals surface area (Å²) in [7, 11) is -7.23. The molecule has 1 amide bonds. The van der Waals surface area contributed by atoms with Crippen LogP contribution < -0.4 is 19.5 Å². The van der Waals surface area contributed by atoms with Crippen LogP contribution in [0.1, 0.15) is 17.3 Å². The van der Waals surface area contributed by atoms with Gasteiger partial charge in [-0.25, -0.2) is 16.8 Å². The molecule has 0 heterocycles. The van der Waals surface area contributed by atoms with Crippen molar-refractivity contribution in [3.63, 3.8) is 0 Å². The molecule has 11 heteroatoms. The zero-order chi connectivity index (χ0) is 24.1. The Kier molecular flexibility index (Phi) is 7.24. The van der Waals surface area contributed by atoms with E-state index in [0.717, 1.165) is 6.26 Å². The number of sulfonamides is 2. The van der Waals surface area contributed by atoms with Gasteiger partial charge in [0.05, 0.1) is 17.8 Å². The fraction of sp³-hybridized carbons (Fsp3) is 0.136. The molecule has 0 radical (unpaired) electrons. The summed E-state index contributed by atoms with van der Waals surface area (Å²) >= 11 is 0. The van der Waals surface area contributed by atoms with E-state index in [0.29, 0.717) is 35.0 Å². The van der Waals surface area contributed by atoms with Crippen molar-refractivity contribution in [2.75, 3.05) is 27.6 Å². The van der Waals surface area contributed by atoms with Crippen molar-refractivity contribution in [1.29, 1.82) is 0 Å². The lowest BCUT2D eigenvalue weighted by molar-refractivity contribution is 0.102. The number of ether oxygens (including phenoxy) is 1. The topological polar surface area (TPSA) is 131 Å². The fourth-order valence-electron chi connectivity index (χ4n) is 2.82. The molecule has 3 aromatic rings. The van der Waals surface area contributed by atoms with Crippen LogP contribution in [0.3, 0.4) is 0 Å². The standard InChI is InChI=1S/C22H23N3O6S2/c1-3-31-20-12-8-19(9-13-20)25-33(29,30)21-14-10-17(11-15-21)23-22(26)16-4-6-18(7-5-16)24-32(2,27)28/h4-15,24-25H,3H2,1-2H3,(H,23,26). The molecular formula is C22H23N3O6S2. The van der Waals surface area contributed by atoms with Crippen molar-refractivity contribution in [3.8, 4) is 5.75 Å². The van der Waals surface area contributed by atoms with Gasteiger partial charge in [0, 0.05) is 22.6 Å². The van der Waals surface area contributed by atoms with Crippen molar-refractivity contribution in [2.45, 2.75) is 11.8 Å². The summed E-state index contributed by atoms with van der Waals surface area (Å²) < 4.78 is 57.9. The highest BCUT2D eigenvalue weighted by Crippen LogP contribution is 2.21. The monoisotopic (exact) mass is 489 g/mol. The lowest BCUT2D eigenvalue weighted by Crippen LogP contribution is -2.14. The fourth-order valence-corrected chi connectivity index (χ4v) is 4.45. The molecule has 0 aliphatic carbocycles. The quantitative estimate of drug-likeness (QED) is 0.422. The zero-order valence-corrected chi connectivity index (χ0v) is 19.5. The second-order valence-electron chi connectivity index (χ2n) is 6.99. The molecule has 0 saturated carbocycles. The number of carbonyl (C=O) groups is 1. The number of rotatable bonds is 9. The molecule has 0 unspecified atom stereocenters. The van der Waals surface area contributed by atoms with Crippen LogP contribution in [0.15, 0.2) is 77.7 Å². The third-order valence-electron chi connectivity index (χ3n) is 4.29. The van der Waals surface area contributed by atoms with Crippen molar-refractivity contribution in [2.24, 2.45) is 0 Å². The molecule has 3 rings (SSSR count). The van der Waals surface area contributed by atoms with E-state index in [1.54, 1.807) is 24.3 Å². The minimum absolute atomic E-state index is 0.0329. The summed E-state index contributed by atoms with van der Waals surface area (Å²) in [6.07, 6.45) is 1.03. The van der Waals surface area contributed by atoms with E-state index in [1.165, 1.54) is 48.5 Å². The minimum atomic E-state index is -3.82. The average Bonchev–Trinajstić information content (AvgIpc) is 2.75. The van der Waals surface area contributed by atoms with Gasteiger partial charge in [0.25, 0.3) is 15.9 Å². The highest BCUT2D eigenvalue weighted by molar-refractivity contribution is 7.92. The van der Waals surface area contributed by atoms with Crippen LogP contribution in [0.4, 0.5) is 17.1 Å². The van der Waals surface area contributed by atoms with Gasteiger partial charge < -0.3 is 10.1 Å². The van der Waals surface area contributed by atoms with E-state index in [9.17, 15) is 21.6 Å². The van der Waals surface area contributed by atoms with Crippen LogP contribution in [-0.4, -0.2) is 35.6 Å². The van der Waals surface area contributed by atoms with E-state index in [-0.39, 0.29) is 4.90 Å². The van der Waals surface area contributed by atoms with Crippen molar-refractivity contribution >= 4 is 43.0 Å². The number of anilines is 3. The molecular weight excluding hydrogens is 466 g/mol. The molecule has 0 atom stereocenters. The summed E-state index contributed by atoms with van der Waals surface area (Å²) in [4.78, 5) is 12.5. The summed E-state index contributed by atoms with van der Waals surface area (Å²) in [6.45, 7) is 2.37.